The van der Waals surface area contributed by atoms with Crippen LogP contribution in [0.1, 0.15) is 0 Å². The van der Waals surface area contributed by atoms with E-state index in [1.165, 1.54) is 0 Å². The molecule has 0 saturated heterocycles. The van der Waals surface area contributed by atoms with E-state index in [4.69, 9.17) is 34.8 Å². The highest BCUT2D eigenvalue weighted by molar-refractivity contribution is 6.69. The van der Waals surface area contributed by atoms with Crippen molar-refractivity contribution in [2.75, 3.05) is 27.4 Å². The number of ether oxygens (including phenoxy) is 3. The maximum absolute atomic E-state index is 9.75. The van der Waals surface area contributed by atoms with Crippen molar-refractivity contribution in [2.24, 2.45) is 0 Å². The zero-order valence-corrected chi connectivity index (χ0v) is 10.6. The number of methoxy groups -OCH3 is 2. The molecule has 0 aliphatic rings. The largest absolute Gasteiger partial charge is 0.407 e. The first-order chi connectivity index (χ1) is 6.33. The number of hydrogen-bond acceptors (Lipinski definition) is 4. The molecule has 0 rings (SSSR count). The average molecular weight is 288 g/mol. The van der Waals surface area contributed by atoms with Crippen LogP contribution in [-0.2, 0) is 14.2 Å². The third-order valence-corrected chi connectivity index (χ3v) is 0.996. The predicted molar refractivity (Wildman–Crippen MR) is 56.4 cm³/mol. The predicted octanol–water partition coefficient (Wildman–Crippen LogP) is 2.97. The van der Waals surface area contributed by atoms with Crippen LogP contribution in [0.5, 0.6) is 0 Å². The first-order valence-corrected chi connectivity index (χ1v) is 4.77. The van der Waals surface area contributed by atoms with Gasteiger partial charge in [0.25, 0.3) is 0 Å². The maximum atomic E-state index is 9.75. The van der Waals surface area contributed by atoms with E-state index in [0.717, 1.165) is 0 Å². The third-order valence-electron chi connectivity index (χ3n) is 0.688. The SMILES string of the molecule is COCCOC.O=C(Cl)OC(Cl)(Cl)Cl. The van der Waals surface area contributed by atoms with Crippen LogP contribution in [-0.4, -0.2) is 36.8 Å². The molecule has 0 fully saturated rings. The summed E-state index contributed by atoms with van der Waals surface area (Å²) in [5.41, 5.74) is -1.15. The fourth-order valence-corrected chi connectivity index (χ4v) is 0.702. The van der Waals surface area contributed by atoms with Gasteiger partial charge in [-0.05, 0) is 34.8 Å². The molecule has 0 aromatic carbocycles. The lowest BCUT2D eigenvalue weighted by Crippen LogP contribution is -2.09. The van der Waals surface area contributed by atoms with Gasteiger partial charge in [-0.1, -0.05) is 0 Å². The molecule has 0 bridgehead atoms. The number of carbonyl (C=O) groups is 1. The van der Waals surface area contributed by atoms with Gasteiger partial charge in [0.2, 0.25) is 0 Å². The van der Waals surface area contributed by atoms with Crippen molar-refractivity contribution in [1.82, 2.24) is 0 Å². The van der Waals surface area contributed by atoms with Crippen molar-refractivity contribution in [2.45, 2.75) is 3.98 Å². The van der Waals surface area contributed by atoms with Crippen LogP contribution in [0.3, 0.4) is 0 Å². The fourth-order valence-electron chi connectivity index (χ4n) is 0.258. The summed E-state index contributed by atoms with van der Waals surface area (Å²) in [6, 6.07) is 0. The number of alkyl halides is 3. The van der Waals surface area contributed by atoms with Gasteiger partial charge in [0, 0.05) is 25.8 Å². The second-order valence-corrected chi connectivity index (χ2v) is 4.26. The second kappa shape index (κ2) is 10.1. The van der Waals surface area contributed by atoms with E-state index in [9.17, 15) is 4.79 Å². The van der Waals surface area contributed by atoms with Crippen molar-refractivity contribution >= 4 is 51.8 Å². The number of rotatable bonds is 3. The highest BCUT2D eigenvalue weighted by Gasteiger charge is 2.23. The van der Waals surface area contributed by atoms with E-state index in [1.807, 2.05) is 0 Å². The summed E-state index contributed by atoms with van der Waals surface area (Å²) < 4.78 is 11.1. The van der Waals surface area contributed by atoms with Crippen LogP contribution < -0.4 is 0 Å². The van der Waals surface area contributed by atoms with E-state index < -0.39 is 9.41 Å². The molecule has 0 N–H and O–H groups in total. The molecule has 0 aromatic heterocycles. The zero-order valence-electron chi connectivity index (χ0n) is 7.56. The van der Waals surface area contributed by atoms with Gasteiger partial charge in [0.15, 0.2) is 0 Å². The summed E-state index contributed by atoms with van der Waals surface area (Å²) >= 11 is 19.4. The molecule has 0 radical (unpaired) electrons. The van der Waals surface area contributed by atoms with Crippen LogP contribution in [0.2, 0.25) is 0 Å². The molecule has 0 aliphatic carbocycles. The Kier molecular flexibility index (Phi) is 12.2. The lowest BCUT2D eigenvalue weighted by molar-refractivity contribution is 0.103. The average Bonchev–Trinajstić information content (AvgIpc) is 1.97. The Morgan fingerprint density at radius 2 is 1.50 bits per heavy atom. The summed E-state index contributed by atoms with van der Waals surface area (Å²) in [6.07, 6.45) is 0. The van der Waals surface area contributed by atoms with Gasteiger partial charge >= 0.3 is 9.41 Å². The van der Waals surface area contributed by atoms with Crippen molar-refractivity contribution in [1.29, 1.82) is 0 Å². The van der Waals surface area contributed by atoms with Gasteiger partial charge in [0.05, 0.1) is 13.2 Å². The highest BCUT2D eigenvalue weighted by Crippen LogP contribution is 2.27. The summed E-state index contributed by atoms with van der Waals surface area (Å²) in [6.45, 7) is 1.38. The van der Waals surface area contributed by atoms with E-state index in [0.29, 0.717) is 13.2 Å². The monoisotopic (exact) mass is 286 g/mol. The quantitative estimate of drug-likeness (QED) is 0.455. The minimum Gasteiger partial charge on any atom is -0.402 e. The molecule has 8 heteroatoms. The molecular formula is C6H10Cl4O4. The molecule has 86 valence electrons. The highest BCUT2D eigenvalue weighted by atomic mass is 35.6. The smallest absolute Gasteiger partial charge is 0.402 e. The minimum absolute atomic E-state index is 0.691. The molecule has 0 amide bonds. The van der Waals surface area contributed by atoms with Crippen LogP contribution in [0.25, 0.3) is 0 Å². The normalized spacial score (nSPS) is 10.1. The molecule has 0 aromatic rings. The molecular weight excluding hydrogens is 278 g/mol. The Morgan fingerprint density at radius 3 is 1.57 bits per heavy atom. The molecule has 0 heterocycles. The van der Waals surface area contributed by atoms with Gasteiger partial charge < -0.3 is 14.2 Å². The standard InChI is InChI=1S/C4H10O2.C2Cl4O2/c1-5-3-4-6-2;3-1(7)8-2(4,5)6/h3-4H2,1-2H3;. The molecule has 0 aliphatic heterocycles. The summed E-state index contributed by atoms with van der Waals surface area (Å²) in [5.74, 6) is 0. The molecule has 0 saturated carbocycles. The van der Waals surface area contributed by atoms with Crippen molar-refractivity contribution in [3.63, 3.8) is 0 Å². The van der Waals surface area contributed by atoms with Gasteiger partial charge in [-0.15, -0.1) is 0 Å². The Morgan fingerprint density at radius 1 is 1.14 bits per heavy atom. The molecule has 0 unspecified atom stereocenters. The van der Waals surface area contributed by atoms with E-state index in [1.54, 1.807) is 14.2 Å². The molecule has 0 atom stereocenters. The number of hydrogen-bond donors (Lipinski definition) is 0. The summed E-state index contributed by atoms with van der Waals surface area (Å²) in [4.78, 5) is 9.75. The topological polar surface area (TPSA) is 44.8 Å². The number of carbonyl (C=O) groups excluding carboxylic acids is 1. The van der Waals surface area contributed by atoms with Crippen LogP contribution in [0, 0.1) is 0 Å². The van der Waals surface area contributed by atoms with Gasteiger partial charge in [-0.2, -0.15) is 0 Å². The number of halogens is 4. The maximum Gasteiger partial charge on any atom is 0.407 e. The van der Waals surface area contributed by atoms with Crippen molar-refractivity contribution < 1.29 is 19.0 Å². The fraction of sp³-hybridized carbons (Fsp3) is 0.833. The van der Waals surface area contributed by atoms with Gasteiger partial charge in [-0.3, -0.25) is 0 Å². The van der Waals surface area contributed by atoms with Crippen LogP contribution in [0.15, 0.2) is 0 Å². The second-order valence-electron chi connectivity index (χ2n) is 1.77. The summed E-state index contributed by atoms with van der Waals surface area (Å²) in [7, 11) is 3.30. The minimum atomic E-state index is -2.04. The lowest BCUT2D eigenvalue weighted by atomic mass is 10.8. The first kappa shape index (κ1) is 17.0. The molecule has 14 heavy (non-hydrogen) atoms. The zero-order chi connectivity index (χ0) is 11.6. The first-order valence-electron chi connectivity index (χ1n) is 3.26. The molecule has 0 spiro atoms. The third kappa shape index (κ3) is 22.9. The Labute approximate surface area is 102 Å². The van der Waals surface area contributed by atoms with Crippen molar-refractivity contribution in [3.05, 3.63) is 0 Å². The molecule has 4 nitrogen and oxygen atoms in total. The van der Waals surface area contributed by atoms with Crippen LogP contribution in [0.4, 0.5) is 4.79 Å². The van der Waals surface area contributed by atoms with E-state index in [-0.39, 0.29) is 0 Å². The van der Waals surface area contributed by atoms with Crippen LogP contribution >= 0.6 is 46.4 Å². The Bertz CT molecular complexity index is 143. The van der Waals surface area contributed by atoms with Crippen molar-refractivity contribution in [3.8, 4) is 0 Å². The Balaban J connectivity index is 0. The van der Waals surface area contributed by atoms with Gasteiger partial charge in [-0.25, -0.2) is 4.79 Å². The van der Waals surface area contributed by atoms with Gasteiger partial charge in [0.1, 0.15) is 0 Å². The summed E-state index contributed by atoms with van der Waals surface area (Å²) in [5, 5.41) is 0. The lowest BCUT2D eigenvalue weighted by Gasteiger charge is -2.06. The van der Waals surface area contributed by atoms with E-state index >= 15 is 0 Å². The Hall–Kier alpha value is 0.550. The van der Waals surface area contributed by atoms with E-state index in [2.05, 4.69) is 25.8 Å².